The lowest BCUT2D eigenvalue weighted by Gasteiger charge is -2.33. The zero-order valence-corrected chi connectivity index (χ0v) is 14.8. The van der Waals surface area contributed by atoms with Gasteiger partial charge >= 0.3 is 5.97 Å². The number of hydrogen-bond donors (Lipinski definition) is 0. The van der Waals surface area contributed by atoms with E-state index >= 15 is 0 Å². The molecule has 3 rings (SSSR count). The molecule has 3 atom stereocenters. The van der Waals surface area contributed by atoms with Gasteiger partial charge in [0.15, 0.2) is 0 Å². The van der Waals surface area contributed by atoms with E-state index in [0.717, 1.165) is 32.1 Å². The molecule has 0 spiro atoms. The van der Waals surface area contributed by atoms with Gasteiger partial charge < -0.3 is 14.2 Å². The SMILES string of the molecule is CC1OC(=O)CCCCC(Oc2ccc(F)cc2)C1OC1CCCC1. The van der Waals surface area contributed by atoms with Gasteiger partial charge in [-0.05, 0) is 63.3 Å². The van der Waals surface area contributed by atoms with Gasteiger partial charge in [0.05, 0.1) is 6.10 Å². The smallest absolute Gasteiger partial charge is 0.306 e. The summed E-state index contributed by atoms with van der Waals surface area (Å²) in [5.41, 5.74) is 0. The van der Waals surface area contributed by atoms with Crippen molar-refractivity contribution < 1.29 is 23.4 Å². The fourth-order valence-corrected chi connectivity index (χ4v) is 3.67. The van der Waals surface area contributed by atoms with Gasteiger partial charge in [-0.25, -0.2) is 4.39 Å². The third-order valence-corrected chi connectivity index (χ3v) is 5.02. The highest BCUT2D eigenvalue weighted by atomic mass is 19.1. The molecule has 0 aromatic heterocycles. The maximum atomic E-state index is 13.2. The largest absolute Gasteiger partial charge is 0.488 e. The molecule has 2 aliphatic rings. The first-order valence-electron chi connectivity index (χ1n) is 9.39. The molecule has 4 nitrogen and oxygen atoms in total. The topological polar surface area (TPSA) is 44.8 Å². The molecule has 1 saturated heterocycles. The van der Waals surface area contributed by atoms with E-state index in [0.29, 0.717) is 12.2 Å². The van der Waals surface area contributed by atoms with Crippen LogP contribution in [0, 0.1) is 5.82 Å². The Morgan fingerprint density at radius 1 is 1.04 bits per heavy atom. The quantitative estimate of drug-likeness (QED) is 0.755. The molecule has 0 radical (unpaired) electrons. The molecule has 0 amide bonds. The van der Waals surface area contributed by atoms with Crippen molar-refractivity contribution in [1.29, 1.82) is 0 Å². The van der Waals surface area contributed by atoms with Crippen LogP contribution >= 0.6 is 0 Å². The number of ether oxygens (including phenoxy) is 3. The van der Waals surface area contributed by atoms with E-state index < -0.39 is 0 Å². The number of halogens is 1. The molecule has 1 saturated carbocycles. The highest BCUT2D eigenvalue weighted by molar-refractivity contribution is 5.69. The zero-order chi connectivity index (χ0) is 17.6. The Kier molecular flexibility index (Phi) is 6.29. The molecule has 25 heavy (non-hydrogen) atoms. The summed E-state index contributed by atoms with van der Waals surface area (Å²) in [7, 11) is 0. The number of benzene rings is 1. The second kappa shape index (κ2) is 8.65. The Labute approximate surface area is 148 Å². The summed E-state index contributed by atoms with van der Waals surface area (Å²) >= 11 is 0. The first-order chi connectivity index (χ1) is 12.1. The van der Waals surface area contributed by atoms with Crippen molar-refractivity contribution in [3.05, 3.63) is 30.1 Å². The lowest BCUT2D eigenvalue weighted by Crippen LogP contribution is -2.45. The van der Waals surface area contributed by atoms with E-state index in [2.05, 4.69) is 0 Å². The molecule has 1 aromatic carbocycles. The maximum Gasteiger partial charge on any atom is 0.306 e. The molecular formula is C20H27FO4. The number of esters is 1. The minimum Gasteiger partial charge on any atom is -0.488 e. The Morgan fingerprint density at radius 3 is 2.44 bits per heavy atom. The minimum absolute atomic E-state index is 0.171. The summed E-state index contributed by atoms with van der Waals surface area (Å²) in [6.45, 7) is 1.88. The van der Waals surface area contributed by atoms with Crippen LogP contribution in [0.5, 0.6) is 5.75 Å². The molecule has 3 unspecified atom stereocenters. The number of rotatable bonds is 4. The Bertz CT molecular complexity index is 553. The van der Waals surface area contributed by atoms with Crippen LogP contribution in [0.4, 0.5) is 4.39 Å². The predicted molar refractivity (Wildman–Crippen MR) is 92.0 cm³/mol. The van der Waals surface area contributed by atoms with Gasteiger partial charge in [0.25, 0.3) is 0 Å². The van der Waals surface area contributed by atoms with Crippen LogP contribution in [-0.2, 0) is 14.3 Å². The van der Waals surface area contributed by atoms with Crippen molar-refractivity contribution in [3.8, 4) is 5.75 Å². The Balaban J connectivity index is 1.76. The maximum absolute atomic E-state index is 13.2. The van der Waals surface area contributed by atoms with Crippen LogP contribution < -0.4 is 4.74 Å². The van der Waals surface area contributed by atoms with Crippen molar-refractivity contribution in [1.82, 2.24) is 0 Å². The third kappa shape index (κ3) is 5.18. The average Bonchev–Trinajstić information content (AvgIpc) is 3.11. The van der Waals surface area contributed by atoms with Gasteiger partial charge in [-0.2, -0.15) is 0 Å². The molecule has 2 fully saturated rings. The molecule has 1 heterocycles. The van der Waals surface area contributed by atoms with Crippen molar-refractivity contribution in [2.45, 2.75) is 82.7 Å². The second-order valence-corrected chi connectivity index (χ2v) is 7.06. The first kappa shape index (κ1) is 18.2. The molecular weight excluding hydrogens is 323 g/mol. The molecule has 0 N–H and O–H groups in total. The Hall–Kier alpha value is -1.62. The molecule has 1 aliphatic heterocycles. The van der Waals surface area contributed by atoms with Gasteiger partial charge in [-0.3, -0.25) is 4.79 Å². The van der Waals surface area contributed by atoms with Crippen LogP contribution in [0.3, 0.4) is 0 Å². The van der Waals surface area contributed by atoms with Crippen molar-refractivity contribution in [2.75, 3.05) is 0 Å². The number of carbonyl (C=O) groups is 1. The van der Waals surface area contributed by atoms with Crippen molar-refractivity contribution >= 4 is 5.97 Å². The predicted octanol–water partition coefficient (Wildman–Crippen LogP) is 4.41. The third-order valence-electron chi connectivity index (χ3n) is 5.02. The monoisotopic (exact) mass is 350 g/mol. The van der Waals surface area contributed by atoms with E-state index in [4.69, 9.17) is 14.2 Å². The fourth-order valence-electron chi connectivity index (χ4n) is 3.67. The molecule has 1 aromatic rings. The summed E-state index contributed by atoms with van der Waals surface area (Å²) in [6.07, 6.45) is 6.62. The summed E-state index contributed by atoms with van der Waals surface area (Å²) in [5, 5.41) is 0. The van der Waals surface area contributed by atoms with Crippen LogP contribution in [0.25, 0.3) is 0 Å². The number of carbonyl (C=O) groups excluding carboxylic acids is 1. The van der Waals surface area contributed by atoms with E-state index in [1.54, 1.807) is 12.1 Å². The standard InChI is InChI=1S/C20H27FO4/c1-14-20(25-16-6-2-3-7-16)18(8-4-5-9-19(22)23-14)24-17-12-10-15(21)11-13-17/h10-14,16,18,20H,2-9H2,1H3. The lowest BCUT2D eigenvalue weighted by atomic mass is 10.0. The van der Waals surface area contributed by atoms with Crippen molar-refractivity contribution in [2.24, 2.45) is 0 Å². The van der Waals surface area contributed by atoms with Crippen LogP contribution in [0.15, 0.2) is 24.3 Å². The van der Waals surface area contributed by atoms with E-state index in [-0.39, 0.29) is 36.2 Å². The highest BCUT2D eigenvalue weighted by Gasteiger charge is 2.35. The molecule has 5 heteroatoms. The van der Waals surface area contributed by atoms with E-state index in [9.17, 15) is 9.18 Å². The van der Waals surface area contributed by atoms with Crippen LogP contribution in [0.2, 0.25) is 0 Å². The normalized spacial score (nSPS) is 28.7. The summed E-state index contributed by atoms with van der Waals surface area (Å²) < 4.78 is 31.2. The van der Waals surface area contributed by atoms with Crippen LogP contribution in [0.1, 0.15) is 58.3 Å². The Morgan fingerprint density at radius 2 is 1.72 bits per heavy atom. The lowest BCUT2D eigenvalue weighted by molar-refractivity contribution is -0.166. The highest BCUT2D eigenvalue weighted by Crippen LogP contribution is 2.29. The van der Waals surface area contributed by atoms with E-state index in [1.807, 2.05) is 6.92 Å². The van der Waals surface area contributed by atoms with Gasteiger partial charge in [0.1, 0.15) is 29.9 Å². The zero-order valence-electron chi connectivity index (χ0n) is 14.8. The van der Waals surface area contributed by atoms with Crippen molar-refractivity contribution in [3.63, 3.8) is 0 Å². The number of hydrogen-bond acceptors (Lipinski definition) is 4. The summed E-state index contributed by atoms with van der Waals surface area (Å²) in [6, 6.07) is 6.04. The first-order valence-corrected chi connectivity index (χ1v) is 9.39. The van der Waals surface area contributed by atoms with E-state index in [1.165, 1.54) is 25.0 Å². The molecule has 138 valence electrons. The molecule has 1 aliphatic carbocycles. The van der Waals surface area contributed by atoms with Gasteiger partial charge in [0, 0.05) is 6.42 Å². The molecule has 0 bridgehead atoms. The average molecular weight is 350 g/mol. The number of cyclic esters (lactones) is 1. The van der Waals surface area contributed by atoms with Gasteiger partial charge in [-0.15, -0.1) is 0 Å². The van der Waals surface area contributed by atoms with Gasteiger partial charge in [0.2, 0.25) is 0 Å². The fraction of sp³-hybridized carbons (Fsp3) is 0.650. The van der Waals surface area contributed by atoms with Crippen LogP contribution in [-0.4, -0.2) is 30.4 Å². The summed E-state index contributed by atoms with van der Waals surface area (Å²) in [5.74, 6) is 0.155. The second-order valence-electron chi connectivity index (χ2n) is 7.06. The van der Waals surface area contributed by atoms with Gasteiger partial charge in [-0.1, -0.05) is 12.8 Å². The summed E-state index contributed by atoms with van der Waals surface area (Å²) in [4.78, 5) is 11.9. The minimum atomic E-state index is -0.364.